The van der Waals surface area contributed by atoms with Crippen LogP contribution in [0.2, 0.25) is 0 Å². The lowest BCUT2D eigenvalue weighted by atomic mass is 10.1. The van der Waals surface area contributed by atoms with E-state index in [1.807, 2.05) is 6.07 Å². The summed E-state index contributed by atoms with van der Waals surface area (Å²) >= 11 is 3.35. The molecule has 6 nitrogen and oxygen atoms in total. The Labute approximate surface area is 136 Å². The molecular formula is C15H17BrN4O2. The third kappa shape index (κ3) is 2.91. The number of fused-ring (bicyclic) bond motifs is 1. The summed E-state index contributed by atoms with van der Waals surface area (Å²) in [5.41, 5.74) is 6.07. The molecule has 7 heteroatoms. The number of halogens is 1. The smallest absolute Gasteiger partial charge is 0.261 e. The zero-order chi connectivity index (χ0) is 15.7. The Bertz CT molecular complexity index is 774. The van der Waals surface area contributed by atoms with Gasteiger partial charge in [0.15, 0.2) is 0 Å². The van der Waals surface area contributed by atoms with Crippen LogP contribution in [0.15, 0.2) is 33.8 Å². The number of likely N-dealkylation sites (tertiary alicyclic amines) is 1. The van der Waals surface area contributed by atoms with E-state index in [0.717, 1.165) is 10.9 Å². The maximum atomic E-state index is 12.5. The molecule has 1 saturated heterocycles. The monoisotopic (exact) mass is 364 g/mol. The van der Waals surface area contributed by atoms with Gasteiger partial charge in [0.25, 0.3) is 5.56 Å². The van der Waals surface area contributed by atoms with Crippen molar-refractivity contribution < 1.29 is 4.79 Å². The van der Waals surface area contributed by atoms with Gasteiger partial charge < -0.3 is 10.6 Å². The molecule has 1 aliphatic heterocycles. The SMILES string of the molecule is NCC1CCN(C(=O)Cn2cnc3ccc(Br)cc3c2=O)C1. The summed E-state index contributed by atoms with van der Waals surface area (Å²) in [4.78, 5) is 30.8. The maximum absolute atomic E-state index is 12.5. The molecule has 0 bridgehead atoms. The first-order chi connectivity index (χ1) is 10.6. The maximum Gasteiger partial charge on any atom is 0.261 e. The third-order valence-corrected chi connectivity index (χ3v) is 4.56. The van der Waals surface area contributed by atoms with Crippen molar-refractivity contribution in [2.24, 2.45) is 11.7 Å². The summed E-state index contributed by atoms with van der Waals surface area (Å²) < 4.78 is 2.18. The highest BCUT2D eigenvalue weighted by atomic mass is 79.9. The van der Waals surface area contributed by atoms with Crippen molar-refractivity contribution in [1.29, 1.82) is 0 Å². The van der Waals surface area contributed by atoms with Gasteiger partial charge in [0.05, 0.1) is 17.2 Å². The summed E-state index contributed by atoms with van der Waals surface area (Å²) in [6.07, 6.45) is 2.37. The summed E-state index contributed by atoms with van der Waals surface area (Å²) in [7, 11) is 0. The molecule has 1 unspecified atom stereocenters. The Morgan fingerprint density at radius 1 is 1.45 bits per heavy atom. The Kier molecular flexibility index (Phi) is 4.26. The zero-order valence-corrected chi connectivity index (χ0v) is 13.6. The van der Waals surface area contributed by atoms with E-state index in [-0.39, 0.29) is 18.0 Å². The topological polar surface area (TPSA) is 81.2 Å². The van der Waals surface area contributed by atoms with Gasteiger partial charge in [-0.3, -0.25) is 14.2 Å². The molecule has 0 radical (unpaired) electrons. The summed E-state index contributed by atoms with van der Waals surface area (Å²) in [5, 5.41) is 0.505. The molecule has 0 aliphatic carbocycles. The molecule has 116 valence electrons. The Hall–Kier alpha value is -1.73. The summed E-state index contributed by atoms with van der Waals surface area (Å²) in [5.74, 6) is 0.306. The lowest BCUT2D eigenvalue weighted by Gasteiger charge is -2.17. The number of nitrogens with two attached hydrogens (primary N) is 1. The average molecular weight is 365 g/mol. The van der Waals surface area contributed by atoms with E-state index in [1.165, 1.54) is 10.9 Å². The van der Waals surface area contributed by atoms with Gasteiger partial charge in [-0.1, -0.05) is 15.9 Å². The lowest BCUT2D eigenvalue weighted by Crippen LogP contribution is -2.35. The number of hydrogen-bond acceptors (Lipinski definition) is 4. The van der Waals surface area contributed by atoms with E-state index >= 15 is 0 Å². The van der Waals surface area contributed by atoms with Crippen LogP contribution in [0.3, 0.4) is 0 Å². The first kappa shape index (κ1) is 15.2. The van der Waals surface area contributed by atoms with Gasteiger partial charge in [0.2, 0.25) is 5.91 Å². The van der Waals surface area contributed by atoms with Crippen molar-refractivity contribution >= 4 is 32.7 Å². The molecule has 3 rings (SSSR count). The average Bonchev–Trinajstić information content (AvgIpc) is 3.00. The fourth-order valence-electron chi connectivity index (χ4n) is 2.74. The second kappa shape index (κ2) is 6.18. The predicted molar refractivity (Wildman–Crippen MR) is 87.4 cm³/mol. The molecular weight excluding hydrogens is 348 g/mol. The molecule has 0 saturated carbocycles. The molecule has 2 N–H and O–H groups in total. The van der Waals surface area contributed by atoms with Gasteiger partial charge in [0, 0.05) is 17.6 Å². The standard InChI is InChI=1S/C15H17BrN4O2/c16-11-1-2-13-12(5-11)15(22)20(9-18-13)8-14(21)19-4-3-10(6-17)7-19/h1-2,5,9-10H,3-4,6-8,17H2. The Balaban J connectivity index is 1.83. The number of benzene rings is 1. The molecule has 2 heterocycles. The van der Waals surface area contributed by atoms with Crippen molar-refractivity contribution in [2.45, 2.75) is 13.0 Å². The van der Waals surface area contributed by atoms with Crippen LogP contribution in [0.25, 0.3) is 10.9 Å². The highest BCUT2D eigenvalue weighted by Gasteiger charge is 2.25. The fourth-order valence-corrected chi connectivity index (χ4v) is 3.10. The molecule has 0 spiro atoms. The number of hydrogen-bond donors (Lipinski definition) is 1. The van der Waals surface area contributed by atoms with Crippen LogP contribution in [-0.4, -0.2) is 40.0 Å². The molecule has 1 amide bonds. The van der Waals surface area contributed by atoms with Crippen LogP contribution < -0.4 is 11.3 Å². The zero-order valence-electron chi connectivity index (χ0n) is 12.0. The first-order valence-electron chi connectivity index (χ1n) is 7.21. The number of carbonyl (C=O) groups is 1. The van der Waals surface area contributed by atoms with Gasteiger partial charge in [-0.15, -0.1) is 0 Å². The van der Waals surface area contributed by atoms with Crippen LogP contribution in [-0.2, 0) is 11.3 Å². The lowest BCUT2D eigenvalue weighted by molar-refractivity contribution is -0.130. The molecule has 2 aromatic rings. The van der Waals surface area contributed by atoms with Gasteiger partial charge in [-0.25, -0.2) is 4.98 Å². The predicted octanol–water partition coefficient (Wildman–Crippen LogP) is 0.966. The van der Waals surface area contributed by atoms with E-state index < -0.39 is 0 Å². The Morgan fingerprint density at radius 2 is 2.27 bits per heavy atom. The molecule has 22 heavy (non-hydrogen) atoms. The minimum Gasteiger partial charge on any atom is -0.341 e. The normalized spacial score (nSPS) is 18.1. The first-order valence-corrected chi connectivity index (χ1v) is 8.00. The number of aromatic nitrogens is 2. The number of amides is 1. The minimum atomic E-state index is -0.200. The van der Waals surface area contributed by atoms with Crippen LogP contribution in [0, 0.1) is 5.92 Å². The van der Waals surface area contributed by atoms with E-state index in [0.29, 0.717) is 36.5 Å². The van der Waals surface area contributed by atoms with E-state index in [4.69, 9.17) is 5.73 Å². The van der Waals surface area contributed by atoms with Crippen molar-refractivity contribution in [3.05, 3.63) is 39.4 Å². The minimum absolute atomic E-state index is 0.0194. The van der Waals surface area contributed by atoms with Gasteiger partial charge in [-0.2, -0.15) is 0 Å². The van der Waals surface area contributed by atoms with E-state index in [9.17, 15) is 9.59 Å². The quantitative estimate of drug-likeness (QED) is 0.879. The molecule has 1 aromatic carbocycles. The van der Waals surface area contributed by atoms with Crippen LogP contribution in [0.4, 0.5) is 0 Å². The van der Waals surface area contributed by atoms with Gasteiger partial charge in [0.1, 0.15) is 6.54 Å². The molecule has 1 fully saturated rings. The van der Waals surface area contributed by atoms with Gasteiger partial charge >= 0.3 is 0 Å². The van der Waals surface area contributed by atoms with Crippen LogP contribution in [0.1, 0.15) is 6.42 Å². The van der Waals surface area contributed by atoms with Crippen molar-refractivity contribution in [3.8, 4) is 0 Å². The number of nitrogens with zero attached hydrogens (tertiary/aromatic N) is 3. The highest BCUT2D eigenvalue weighted by molar-refractivity contribution is 9.10. The van der Waals surface area contributed by atoms with Crippen molar-refractivity contribution in [3.63, 3.8) is 0 Å². The van der Waals surface area contributed by atoms with Crippen LogP contribution >= 0.6 is 15.9 Å². The summed E-state index contributed by atoms with van der Waals surface area (Å²) in [6, 6.07) is 5.34. The van der Waals surface area contributed by atoms with Crippen molar-refractivity contribution in [1.82, 2.24) is 14.5 Å². The van der Waals surface area contributed by atoms with Crippen molar-refractivity contribution in [2.75, 3.05) is 19.6 Å². The molecule has 1 aliphatic rings. The van der Waals surface area contributed by atoms with Crippen LogP contribution in [0.5, 0.6) is 0 Å². The van der Waals surface area contributed by atoms with E-state index in [2.05, 4.69) is 20.9 Å². The summed E-state index contributed by atoms with van der Waals surface area (Å²) in [6.45, 7) is 2.00. The Morgan fingerprint density at radius 3 is 3.00 bits per heavy atom. The molecule has 1 aromatic heterocycles. The molecule has 1 atom stereocenters. The number of rotatable bonds is 3. The highest BCUT2D eigenvalue weighted by Crippen LogP contribution is 2.16. The second-order valence-electron chi connectivity index (χ2n) is 5.57. The van der Waals surface area contributed by atoms with E-state index in [1.54, 1.807) is 17.0 Å². The second-order valence-corrected chi connectivity index (χ2v) is 6.48. The third-order valence-electron chi connectivity index (χ3n) is 4.06. The van der Waals surface area contributed by atoms with Gasteiger partial charge in [-0.05, 0) is 37.1 Å². The fraction of sp³-hybridized carbons (Fsp3) is 0.400. The largest absolute Gasteiger partial charge is 0.341 e. The number of carbonyl (C=O) groups excluding carboxylic acids is 1.